The van der Waals surface area contributed by atoms with E-state index in [0.717, 1.165) is 37.9 Å². The molecule has 1 aliphatic heterocycles. The predicted molar refractivity (Wildman–Crippen MR) is 82.7 cm³/mol. The van der Waals surface area contributed by atoms with E-state index in [1.165, 1.54) is 30.7 Å². The van der Waals surface area contributed by atoms with Gasteiger partial charge < -0.3 is 10.2 Å². The summed E-state index contributed by atoms with van der Waals surface area (Å²) in [6.07, 6.45) is 2.27. The van der Waals surface area contributed by atoms with E-state index < -0.39 is 0 Å². The van der Waals surface area contributed by atoms with Gasteiger partial charge in [-0.3, -0.25) is 4.79 Å². The first-order valence-corrected chi connectivity index (χ1v) is 7.80. The second kappa shape index (κ2) is 7.55. The molecule has 0 radical (unpaired) electrons. The number of benzene rings is 1. The maximum Gasteiger partial charge on any atom is 0.251 e. The number of carbonyl (C=O) groups is 1. The fourth-order valence-corrected chi connectivity index (χ4v) is 3.18. The second-order valence-electron chi connectivity index (χ2n) is 6.32. The van der Waals surface area contributed by atoms with Crippen molar-refractivity contribution >= 4 is 5.91 Å². The normalized spacial score (nSPS) is 23.0. The summed E-state index contributed by atoms with van der Waals surface area (Å²) in [7, 11) is 0. The zero-order valence-corrected chi connectivity index (χ0v) is 12.9. The molecule has 1 N–H and O–H groups in total. The third-order valence-electron chi connectivity index (χ3n) is 3.99. The van der Waals surface area contributed by atoms with Gasteiger partial charge in [-0.15, -0.1) is 0 Å². The van der Waals surface area contributed by atoms with Gasteiger partial charge >= 0.3 is 0 Å². The van der Waals surface area contributed by atoms with Crippen molar-refractivity contribution in [3.8, 4) is 0 Å². The van der Waals surface area contributed by atoms with Crippen molar-refractivity contribution in [2.75, 3.05) is 26.2 Å². The zero-order chi connectivity index (χ0) is 15.2. The Morgan fingerprint density at radius 1 is 1.24 bits per heavy atom. The largest absolute Gasteiger partial charge is 0.352 e. The molecule has 1 aromatic carbocycles. The Hall–Kier alpha value is -1.42. The molecule has 1 heterocycles. The molecule has 2 atom stereocenters. The molecule has 0 bridgehead atoms. The van der Waals surface area contributed by atoms with Crippen LogP contribution in [-0.4, -0.2) is 37.0 Å². The Kier molecular flexibility index (Phi) is 5.74. The highest BCUT2D eigenvalue weighted by molar-refractivity contribution is 5.94. The highest BCUT2D eigenvalue weighted by Gasteiger charge is 2.21. The van der Waals surface area contributed by atoms with Crippen molar-refractivity contribution in [1.29, 1.82) is 0 Å². The molecule has 1 saturated heterocycles. The fraction of sp³-hybridized carbons (Fsp3) is 0.588. The summed E-state index contributed by atoms with van der Waals surface area (Å²) in [6, 6.07) is 5.65. The molecule has 1 aromatic rings. The molecule has 0 aliphatic carbocycles. The van der Waals surface area contributed by atoms with Crippen molar-refractivity contribution in [2.45, 2.75) is 26.7 Å². The molecule has 1 fully saturated rings. The van der Waals surface area contributed by atoms with Gasteiger partial charge in [0.25, 0.3) is 5.91 Å². The topological polar surface area (TPSA) is 32.3 Å². The average Bonchev–Trinajstić information content (AvgIpc) is 2.43. The number of hydrogen-bond donors (Lipinski definition) is 1. The molecule has 1 amide bonds. The van der Waals surface area contributed by atoms with Gasteiger partial charge in [0.1, 0.15) is 5.82 Å². The van der Waals surface area contributed by atoms with Crippen LogP contribution in [-0.2, 0) is 0 Å². The average molecular weight is 292 g/mol. The van der Waals surface area contributed by atoms with E-state index in [-0.39, 0.29) is 11.7 Å². The highest BCUT2D eigenvalue weighted by Crippen LogP contribution is 2.20. The number of nitrogens with zero attached hydrogens (tertiary/aromatic N) is 1. The quantitative estimate of drug-likeness (QED) is 0.846. The number of rotatable bonds is 5. The molecular weight excluding hydrogens is 267 g/mol. The van der Waals surface area contributed by atoms with Crippen molar-refractivity contribution in [2.24, 2.45) is 11.8 Å². The lowest BCUT2D eigenvalue weighted by molar-refractivity contribution is 0.0947. The van der Waals surface area contributed by atoms with E-state index in [1.807, 2.05) is 0 Å². The molecule has 0 spiro atoms. The maximum absolute atomic E-state index is 12.8. The van der Waals surface area contributed by atoms with E-state index in [1.54, 1.807) is 0 Å². The van der Waals surface area contributed by atoms with Gasteiger partial charge in [0.15, 0.2) is 0 Å². The van der Waals surface area contributed by atoms with Gasteiger partial charge in [0, 0.05) is 25.2 Å². The standard InChI is InChI=1S/C17H25FN2O/c1-13-10-14(2)12-20(11-13)9-3-8-19-17(21)15-4-6-16(18)7-5-15/h4-7,13-14H,3,8-12H2,1-2H3,(H,19,21)/t13-,14-/m0/s1. The smallest absolute Gasteiger partial charge is 0.251 e. The summed E-state index contributed by atoms with van der Waals surface area (Å²) in [4.78, 5) is 14.4. The Morgan fingerprint density at radius 3 is 2.48 bits per heavy atom. The molecule has 1 aliphatic rings. The molecule has 0 aromatic heterocycles. The van der Waals surface area contributed by atoms with E-state index in [0.29, 0.717) is 12.1 Å². The van der Waals surface area contributed by atoms with Crippen LogP contribution in [0.25, 0.3) is 0 Å². The van der Waals surface area contributed by atoms with Gasteiger partial charge in [-0.2, -0.15) is 0 Å². The van der Waals surface area contributed by atoms with Crippen LogP contribution in [0.5, 0.6) is 0 Å². The van der Waals surface area contributed by atoms with Crippen molar-refractivity contribution in [3.05, 3.63) is 35.6 Å². The molecule has 0 saturated carbocycles. The summed E-state index contributed by atoms with van der Waals surface area (Å²) in [5.74, 6) is 1.08. The minimum atomic E-state index is -0.320. The molecule has 3 nitrogen and oxygen atoms in total. The molecule has 21 heavy (non-hydrogen) atoms. The van der Waals surface area contributed by atoms with Crippen molar-refractivity contribution in [1.82, 2.24) is 10.2 Å². The van der Waals surface area contributed by atoms with E-state index >= 15 is 0 Å². The maximum atomic E-state index is 12.8. The van der Waals surface area contributed by atoms with Crippen molar-refractivity contribution < 1.29 is 9.18 Å². The van der Waals surface area contributed by atoms with E-state index in [9.17, 15) is 9.18 Å². The molecule has 2 rings (SSSR count). The van der Waals surface area contributed by atoms with Gasteiger partial charge in [-0.05, 0) is 55.5 Å². The Bertz CT molecular complexity index is 450. The lowest BCUT2D eigenvalue weighted by Gasteiger charge is -2.34. The second-order valence-corrected chi connectivity index (χ2v) is 6.32. The van der Waals surface area contributed by atoms with Gasteiger partial charge in [-0.25, -0.2) is 4.39 Å². The monoisotopic (exact) mass is 292 g/mol. The highest BCUT2D eigenvalue weighted by atomic mass is 19.1. The van der Waals surface area contributed by atoms with E-state index in [2.05, 4.69) is 24.1 Å². The third kappa shape index (κ3) is 5.12. The fourth-order valence-electron chi connectivity index (χ4n) is 3.18. The molecule has 116 valence electrons. The predicted octanol–water partition coefficient (Wildman–Crippen LogP) is 2.92. The minimum Gasteiger partial charge on any atom is -0.352 e. The SMILES string of the molecule is C[C@H]1C[C@H](C)CN(CCCNC(=O)c2ccc(F)cc2)C1. The third-order valence-corrected chi connectivity index (χ3v) is 3.99. The summed E-state index contributed by atoms with van der Waals surface area (Å²) >= 11 is 0. The Labute approximate surface area is 126 Å². The van der Waals surface area contributed by atoms with Gasteiger partial charge in [0.05, 0.1) is 0 Å². The first-order chi connectivity index (χ1) is 10.0. The van der Waals surface area contributed by atoms with Crippen LogP contribution in [0.1, 0.15) is 37.0 Å². The van der Waals surface area contributed by atoms with Gasteiger partial charge in [0.2, 0.25) is 0 Å². The lowest BCUT2D eigenvalue weighted by atomic mass is 9.92. The van der Waals surface area contributed by atoms with Crippen LogP contribution in [0.4, 0.5) is 4.39 Å². The van der Waals surface area contributed by atoms with Crippen molar-refractivity contribution in [3.63, 3.8) is 0 Å². The zero-order valence-electron chi connectivity index (χ0n) is 12.9. The van der Waals surface area contributed by atoms with Crippen LogP contribution >= 0.6 is 0 Å². The van der Waals surface area contributed by atoms with Crippen LogP contribution in [0.2, 0.25) is 0 Å². The number of hydrogen-bond acceptors (Lipinski definition) is 2. The lowest BCUT2D eigenvalue weighted by Crippen LogP contribution is -2.40. The Morgan fingerprint density at radius 2 is 1.86 bits per heavy atom. The Balaban J connectivity index is 1.67. The van der Waals surface area contributed by atoms with Crippen LogP contribution in [0.15, 0.2) is 24.3 Å². The van der Waals surface area contributed by atoms with Crippen LogP contribution in [0.3, 0.4) is 0 Å². The summed E-state index contributed by atoms with van der Waals surface area (Å²) in [5, 5.41) is 2.89. The summed E-state index contributed by atoms with van der Waals surface area (Å²) < 4.78 is 12.8. The minimum absolute atomic E-state index is 0.129. The molecular formula is C17H25FN2O. The number of likely N-dealkylation sites (tertiary alicyclic amines) is 1. The van der Waals surface area contributed by atoms with Gasteiger partial charge in [-0.1, -0.05) is 13.8 Å². The number of nitrogens with one attached hydrogen (secondary N) is 1. The number of amides is 1. The van der Waals surface area contributed by atoms with E-state index in [4.69, 9.17) is 0 Å². The summed E-state index contributed by atoms with van der Waals surface area (Å²) in [5.41, 5.74) is 0.511. The first kappa shape index (κ1) is 16.0. The summed E-state index contributed by atoms with van der Waals surface area (Å²) in [6.45, 7) is 8.62. The number of piperidine rings is 1. The molecule has 4 heteroatoms. The van der Waals surface area contributed by atoms with Crippen LogP contribution in [0, 0.1) is 17.7 Å². The van der Waals surface area contributed by atoms with Crippen LogP contribution < -0.4 is 5.32 Å². The molecule has 0 unspecified atom stereocenters. The first-order valence-electron chi connectivity index (χ1n) is 7.80. The number of carbonyl (C=O) groups excluding carboxylic acids is 1. The number of halogens is 1.